The first kappa shape index (κ1) is 11.8. The number of carbonyl (C=O) groups excluding carboxylic acids is 1. The highest BCUT2D eigenvalue weighted by Gasteiger charge is 2.18. The third kappa shape index (κ3) is 2.61. The highest BCUT2D eigenvalue weighted by Crippen LogP contribution is 2.25. The lowest BCUT2D eigenvalue weighted by molar-refractivity contribution is 0.0857. The molecule has 0 aliphatic rings. The molecule has 1 unspecified atom stereocenters. The highest BCUT2D eigenvalue weighted by atomic mass is 35.5. The fraction of sp³-hybridized carbons (Fsp3) is 0.300. The van der Waals surface area contributed by atoms with Crippen molar-refractivity contribution in [3.05, 3.63) is 23.8 Å². The third-order valence-corrected chi connectivity index (χ3v) is 2.09. The van der Waals surface area contributed by atoms with Crippen LogP contribution in [0.2, 0.25) is 0 Å². The number of halogens is 1. The zero-order valence-electron chi connectivity index (χ0n) is 8.36. The Labute approximate surface area is 92.4 Å². The van der Waals surface area contributed by atoms with Gasteiger partial charge in [-0.1, -0.05) is 11.6 Å². The summed E-state index contributed by atoms with van der Waals surface area (Å²) in [6, 6.07) is 4.63. The van der Waals surface area contributed by atoms with Crippen molar-refractivity contribution in [1.29, 1.82) is 0 Å². The van der Waals surface area contributed by atoms with Gasteiger partial charge in [0.1, 0.15) is 11.5 Å². The molecule has 0 amide bonds. The molecule has 0 spiro atoms. The number of aliphatic hydroxyl groups excluding tert-OH is 1. The number of carbonyl (C=O) groups is 1. The van der Waals surface area contributed by atoms with E-state index in [9.17, 15) is 4.79 Å². The largest absolute Gasteiger partial charge is 0.497 e. The monoisotopic (exact) mass is 230 g/mol. The van der Waals surface area contributed by atoms with E-state index in [1.807, 2.05) is 0 Å². The van der Waals surface area contributed by atoms with E-state index in [-0.39, 0.29) is 5.56 Å². The first-order chi connectivity index (χ1) is 7.10. The van der Waals surface area contributed by atoms with E-state index in [0.717, 1.165) is 0 Å². The summed E-state index contributed by atoms with van der Waals surface area (Å²) in [5, 5.41) is 8.95. The van der Waals surface area contributed by atoms with Gasteiger partial charge >= 0.3 is 0 Å². The summed E-state index contributed by atoms with van der Waals surface area (Å²) >= 11 is 5.28. The number of benzene rings is 1. The maximum atomic E-state index is 11.4. The van der Waals surface area contributed by atoms with Crippen LogP contribution in [0.25, 0.3) is 0 Å². The lowest BCUT2D eigenvalue weighted by Gasteiger charge is -2.09. The number of methoxy groups -OCH3 is 2. The van der Waals surface area contributed by atoms with Gasteiger partial charge in [0.25, 0.3) is 0 Å². The SMILES string of the molecule is COc1ccc(C(=O)C(O)Cl)c(OC)c1. The van der Waals surface area contributed by atoms with Crippen LogP contribution < -0.4 is 9.47 Å². The van der Waals surface area contributed by atoms with Gasteiger partial charge in [-0.25, -0.2) is 0 Å². The van der Waals surface area contributed by atoms with E-state index in [0.29, 0.717) is 11.5 Å². The number of rotatable bonds is 4. The van der Waals surface area contributed by atoms with E-state index in [2.05, 4.69) is 0 Å². The molecule has 0 heterocycles. The maximum Gasteiger partial charge on any atom is 0.210 e. The van der Waals surface area contributed by atoms with E-state index < -0.39 is 11.3 Å². The molecule has 1 atom stereocenters. The Bertz CT molecular complexity index is 362. The smallest absolute Gasteiger partial charge is 0.210 e. The van der Waals surface area contributed by atoms with E-state index in [1.165, 1.54) is 20.3 Å². The summed E-state index contributed by atoms with van der Waals surface area (Å²) in [5.41, 5.74) is -1.34. The fourth-order valence-electron chi connectivity index (χ4n) is 1.13. The molecule has 1 aromatic rings. The Balaban J connectivity index is 3.13. The molecule has 0 fully saturated rings. The maximum absolute atomic E-state index is 11.4. The molecule has 0 radical (unpaired) electrons. The van der Waals surface area contributed by atoms with Gasteiger partial charge in [0.15, 0.2) is 5.56 Å². The van der Waals surface area contributed by atoms with Crippen molar-refractivity contribution in [2.45, 2.75) is 5.56 Å². The average molecular weight is 231 g/mol. The number of hydrogen-bond donors (Lipinski definition) is 1. The van der Waals surface area contributed by atoms with Crippen LogP contribution in [0, 0.1) is 0 Å². The van der Waals surface area contributed by atoms with Crippen molar-refractivity contribution in [3.8, 4) is 11.5 Å². The molecule has 0 aromatic heterocycles. The molecular formula is C10H11ClO4. The number of aliphatic hydroxyl groups is 1. The van der Waals surface area contributed by atoms with Crippen molar-refractivity contribution < 1.29 is 19.4 Å². The Morgan fingerprint density at radius 1 is 1.40 bits per heavy atom. The van der Waals surface area contributed by atoms with Crippen LogP contribution in [0.5, 0.6) is 11.5 Å². The minimum Gasteiger partial charge on any atom is -0.497 e. The topological polar surface area (TPSA) is 55.8 Å². The van der Waals surface area contributed by atoms with Gasteiger partial charge < -0.3 is 14.6 Å². The van der Waals surface area contributed by atoms with Crippen LogP contribution in [0.1, 0.15) is 10.4 Å². The Kier molecular flexibility index (Phi) is 3.94. The Morgan fingerprint density at radius 3 is 2.53 bits per heavy atom. The summed E-state index contributed by atoms with van der Waals surface area (Å²) in [6.07, 6.45) is 0. The molecule has 15 heavy (non-hydrogen) atoms. The van der Waals surface area contributed by atoms with Crippen LogP contribution in [0.4, 0.5) is 0 Å². The molecule has 0 bridgehead atoms. The average Bonchev–Trinajstić information content (AvgIpc) is 2.27. The predicted octanol–water partition coefficient (Wildman–Crippen LogP) is 1.44. The molecule has 0 saturated heterocycles. The quantitative estimate of drug-likeness (QED) is 0.628. The first-order valence-electron chi connectivity index (χ1n) is 4.18. The van der Waals surface area contributed by atoms with Crippen molar-refractivity contribution in [2.24, 2.45) is 0 Å². The van der Waals surface area contributed by atoms with E-state index >= 15 is 0 Å². The molecule has 1 N–H and O–H groups in total. The molecule has 1 aromatic carbocycles. The van der Waals surface area contributed by atoms with Crippen molar-refractivity contribution in [3.63, 3.8) is 0 Å². The van der Waals surface area contributed by atoms with E-state index in [1.54, 1.807) is 12.1 Å². The predicted molar refractivity (Wildman–Crippen MR) is 55.7 cm³/mol. The van der Waals surface area contributed by atoms with Crippen LogP contribution in [0.3, 0.4) is 0 Å². The first-order valence-corrected chi connectivity index (χ1v) is 4.62. The minimum atomic E-state index is -1.56. The lowest BCUT2D eigenvalue weighted by atomic mass is 10.1. The van der Waals surface area contributed by atoms with Gasteiger partial charge in [-0.05, 0) is 12.1 Å². The van der Waals surface area contributed by atoms with Gasteiger partial charge in [-0.15, -0.1) is 0 Å². The second-order valence-corrected chi connectivity index (χ2v) is 3.18. The number of ether oxygens (including phenoxy) is 2. The third-order valence-electron chi connectivity index (χ3n) is 1.89. The zero-order chi connectivity index (χ0) is 11.4. The Hall–Kier alpha value is -1.26. The molecule has 0 aliphatic heterocycles. The van der Waals surface area contributed by atoms with Gasteiger partial charge in [-0.2, -0.15) is 0 Å². The second kappa shape index (κ2) is 5.00. The van der Waals surface area contributed by atoms with Crippen LogP contribution in [0.15, 0.2) is 18.2 Å². The zero-order valence-corrected chi connectivity index (χ0v) is 9.12. The molecule has 1 rings (SSSR count). The molecule has 4 nitrogen and oxygen atoms in total. The van der Waals surface area contributed by atoms with Gasteiger partial charge in [0.2, 0.25) is 5.78 Å². The van der Waals surface area contributed by atoms with Crippen LogP contribution in [-0.2, 0) is 0 Å². The van der Waals surface area contributed by atoms with Crippen molar-refractivity contribution in [1.82, 2.24) is 0 Å². The summed E-state index contributed by atoms with van der Waals surface area (Å²) < 4.78 is 9.95. The molecule has 0 aliphatic carbocycles. The van der Waals surface area contributed by atoms with E-state index in [4.69, 9.17) is 26.2 Å². The molecule has 5 heteroatoms. The number of alkyl halides is 1. The minimum absolute atomic E-state index is 0.223. The molecular weight excluding hydrogens is 220 g/mol. The van der Waals surface area contributed by atoms with Crippen molar-refractivity contribution >= 4 is 17.4 Å². The molecule has 0 saturated carbocycles. The normalized spacial score (nSPS) is 12.0. The van der Waals surface area contributed by atoms with Crippen LogP contribution >= 0.6 is 11.6 Å². The second-order valence-electron chi connectivity index (χ2n) is 2.77. The summed E-state index contributed by atoms with van der Waals surface area (Å²) in [5.74, 6) is 0.280. The fourth-order valence-corrected chi connectivity index (χ4v) is 1.25. The Morgan fingerprint density at radius 2 is 2.07 bits per heavy atom. The summed E-state index contributed by atoms with van der Waals surface area (Å²) in [7, 11) is 2.93. The highest BCUT2D eigenvalue weighted by molar-refractivity contribution is 6.32. The molecule has 82 valence electrons. The number of Topliss-reactive ketones (excluding diaryl/α,β-unsaturated/α-hetero) is 1. The summed E-state index contributed by atoms with van der Waals surface area (Å²) in [6.45, 7) is 0. The van der Waals surface area contributed by atoms with Gasteiger partial charge in [-0.3, -0.25) is 4.79 Å². The van der Waals surface area contributed by atoms with Gasteiger partial charge in [0, 0.05) is 6.07 Å². The van der Waals surface area contributed by atoms with Crippen LogP contribution in [-0.4, -0.2) is 30.7 Å². The number of ketones is 1. The standard InChI is InChI=1S/C10H11ClO4/c1-14-6-3-4-7(8(5-6)15-2)9(12)10(11)13/h3-5,10,13H,1-2H3. The lowest BCUT2D eigenvalue weighted by Crippen LogP contribution is -2.14. The number of hydrogen-bond acceptors (Lipinski definition) is 4. The summed E-state index contributed by atoms with van der Waals surface area (Å²) in [4.78, 5) is 11.4. The van der Waals surface area contributed by atoms with Crippen molar-refractivity contribution in [2.75, 3.05) is 14.2 Å². The van der Waals surface area contributed by atoms with Gasteiger partial charge in [0.05, 0.1) is 19.8 Å².